The second-order valence-corrected chi connectivity index (χ2v) is 6.10. The quantitative estimate of drug-likeness (QED) is 0.320. The van der Waals surface area contributed by atoms with Crippen molar-refractivity contribution in [2.45, 2.75) is 64.7 Å². The molecule has 0 bridgehead atoms. The number of nitrogens with one attached hydrogen (secondary N) is 1. The zero-order valence-corrected chi connectivity index (χ0v) is 15.8. The lowest BCUT2D eigenvalue weighted by atomic mass is 10.1. The van der Waals surface area contributed by atoms with Gasteiger partial charge in [-0.2, -0.15) is 5.10 Å². The van der Waals surface area contributed by atoms with Crippen LogP contribution < -0.4 is 14.9 Å². The number of ether oxygens (including phenoxy) is 2. The third-order valence-electron chi connectivity index (χ3n) is 4.08. The van der Waals surface area contributed by atoms with E-state index in [0.29, 0.717) is 17.9 Å². The number of para-hydroxylation sites is 1. The summed E-state index contributed by atoms with van der Waals surface area (Å²) in [5.41, 5.74) is 3.33. The van der Waals surface area contributed by atoms with Crippen LogP contribution in [0.4, 0.5) is 0 Å². The number of rotatable bonds is 13. The summed E-state index contributed by atoms with van der Waals surface area (Å²) in [4.78, 5) is 11.8. The molecule has 0 spiro atoms. The highest BCUT2D eigenvalue weighted by molar-refractivity contribution is 5.86. The van der Waals surface area contributed by atoms with E-state index in [2.05, 4.69) is 17.5 Å². The van der Waals surface area contributed by atoms with Crippen molar-refractivity contribution in [1.82, 2.24) is 5.43 Å². The van der Waals surface area contributed by atoms with Crippen LogP contribution in [0.15, 0.2) is 23.3 Å². The molecule has 0 aromatic heterocycles. The average Bonchev–Trinajstić information content (AvgIpc) is 2.63. The van der Waals surface area contributed by atoms with Crippen LogP contribution in [0.5, 0.6) is 11.5 Å². The molecule has 0 saturated heterocycles. The number of amides is 1. The predicted molar refractivity (Wildman–Crippen MR) is 103 cm³/mol. The molecule has 0 atom stereocenters. The zero-order valence-electron chi connectivity index (χ0n) is 15.8. The lowest BCUT2D eigenvalue weighted by molar-refractivity contribution is -0.121. The minimum absolute atomic E-state index is 0.0518. The molecule has 0 aliphatic carbocycles. The van der Waals surface area contributed by atoms with Crippen LogP contribution in [0.2, 0.25) is 0 Å². The lowest BCUT2D eigenvalue weighted by Crippen LogP contribution is -2.17. The smallest absolute Gasteiger partial charge is 0.240 e. The van der Waals surface area contributed by atoms with Crippen LogP contribution in [-0.4, -0.2) is 26.3 Å². The first-order valence-electron chi connectivity index (χ1n) is 9.25. The van der Waals surface area contributed by atoms with Gasteiger partial charge in [-0.1, -0.05) is 57.9 Å². The summed E-state index contributed by atoms with van der Waals surface area (Å²) in [5.74, 6) is 1.19. The summed E-state index contributed by atoms with van der Waals surface area (Å²) in [6.07, 6.45) is 11.8. The third-order valence-corrected chi connectivity index (χ3v) is 4.08. The van der Waals surface area contributed by atoms with Gasteiger partial charge in [0.25, 0.3) is 0 Å². The lowest BCUT2D eigenvalue weighted by Gasteiger charge is -2.09. The van der Waals surface area contributed by atoms with Gasteiger partial charge in [-0.25, -0.2) is 5.43 Å². The Bertz CT molecular complexity index is 530. The topological polar surface area (TPSA) is 59.9 Å². The zero-order chi connectivity index (χ0) is 18.3. The van der Waals surface area contributed by atoms with Crippen LogP contribution in [0.1, 0.15) is 70.3 Å². The first-order chi connectivity index (χ1) is 12.2. The molecule has 0 fully saturated rings. The fourth-order valence-electron chi connectivity index (χ4n) is 2.66. The first-order valence-corrected chi connectivity index (χ1v) is 9.25. The highest BCUT2D eigenvalue weighted by atomic mass is 16.5. The Morgan fingerprint density at radius 2 is 1.72 bits per heavy atom. The summed E-state index contributed by atoms with van der Waals surface area (Å²) in [7, 11) is 3.17. The van der Waals surface area contributed by atoms with Crippen LogP contribution in [-0.2, 0) is 4.79 Å². The van der Waals surface area contributed by atoms with Crippen molar-refractivity contribution in [2.75, 3.05) is 14.2 Å². The molecule has 1 aromatic rings. The van der Waals surface area contributed by atoms with Gasteiger partial charge in [0.15, 0.2) is 11.5 Å². The summed E-state index contributed by atoms with van der Waals surface area (Å²) in [5, 5.41) is 4.01. The van der Waals surface area contributed by atoms with Crippen molar-refractivity contribution in [3.63, 3.8) is 0 Å². The summed E-state index contributed by atoms with van der Waals surface area (Å²) < 4.78 is 10.6. The molecule has 25 heavy (non-hydrogen) atoms. The second kappa shape index (κ2) is 13.3. The summed E-state index contributed by atoms with van der Waals surface area (Å²) in [6.45, 7) is 2.23. The maximum Gasteiger partial charge on any atom is 0.240 e. The third kappa shape index (κ3) is 8.57. The normalized spacial score (nSPS) is 10.8. The highest BCUT2D eigenvalue weighted by Crippen LogP contribution is 2.29. The number of carbonyl (C=O) groups excluding carboxylic acids is 1. The minimum atomic E-state index is -0.0518. The molecule has 140 valence electrons. The molecule has 0 aliphatic rings. The SMILES string of the molecule is CCCCCCCCCCC(=O)NN=Cc1cccc(OC)c1OC. The molecule has 1 amide bonds. The van der Waals surface area contributed by atoms with Gasteiger partial charge in [-0.3, -0.25) is 4.79 Å². The van der Waals surface area contributed by atoms with E-state index < -0.39 is 0 Å². The Balaban J connectivity index is 2.25. The maximum atomic E-state index is 11.8. The first kappa shape index (κ1) is 21.0. The van der Waals surface area contributed by atoms with E-state index in [1.807, 2.05) is 18.2 Å². The van der Waals surface area contributed by atoms with E-state index in [1.54, 1.807) is 20.4 Å². The number of carbonyl (C=O) groups is 1. The molecule has 5 heteroatoms. The van der Waals surface area contributed by atoms with Gasteiger partial charge in [0.1, 0.15) is 0 Å². The molecular formula is C20H32N2O3. The fraction of sp³-hybridized carbons (Fsp3) is 0.600. The number of benzene rings is 1. The van der Waals surface area contributed by atoms with Gasteiger partial charge in [-0.05, 0) is 18.6 Å². The predicted octanol–water partition coefficient (Wildman–Crippen LogP) is 4.68. The molecule has 1 aromatic carbocycles. The van der Waals surface area contributed by atoms with Crippen LogP contribution in [0.25, 0.3) is 0 Å². The standard InChI is InChI=1S/C20H32N2O3/c1-4-5-6-7-8-9-10-11-15-19(23)22-21-16-17-13-12-14-18(24-2)20(17)25-3/h12-14,16H,4-11,15H2,1-3H3,(H,22,23). The molecule has 5 nitrogen and oxygen atoms in total. The number of hydrogen-bond acceptors (Lipinski definition) is 4. The molecule has 1 rings (SSSR count). The fourth-order valence-corrected chi connectivity index (χ4v) is 2.66. The molecule has 0 unspecified atom stereocenters. The van der Waals surface area contributed by atoms with Crippen LogP contribution in [0.3, 0.4) is 0 Å². The van der Waals surface area contributed by atoms with Crippen LogP contribution >= 0.6 is 0 Å². The van der Waals surface area contributed by atoms with E-state index in [9.17, 15) is 4.79 Å². The molecular weight excluding hydrogens is 316 g/mol. The van der Waals surface area contributed by atoms with Gasteiger partial charge in [0.05, 0.1) is 20.4 Å². The monoisotopic (exact) mass is 348 g/mol. The Morgan fingerprint density at radius 1 is 1.04 bits per heavy atom. The second-order valence-electron chi connectivity index (χ2n) is 6.10. The number of methoxy groups -OCH3 is 2. The van der Waals surface area contributed by atoms with Crippen molar-refractivity contribution < 1.29 is 14.3 Å². The van der Waals surface area contributed by atoms with E-state index in [-0.39, 0.29) is 5.91 Å². The van der Waals surface area contributed by atoms with Crippen molar-refractivity contribution in [3.05, 3.63) is 23.8 Å². The molecule has 0 heterocycles. The number of unbranched alkanes of at least 4 members (excludes halogenated alkanes) is 7. The number of hydrogen-bond donors (Lipinski definition) is 1. The van der Waals surface area contributed by atoms with Crippen molar-refractivity contribution in [3.8, 4) is 11.5 Å². The maximum absolute atomic E-state index is 11.8. The number of hydrazone groups is 1. The minimum Gasteiger partial charge on any atom is -0.493 e. The Labute approximate surface area is 151 Å². The van der Waals surface area contributed by atoms with Gasteiger partial charge in [0, 0.05) is 12.0 Å². The molecule has 1 N–H and O–H groups in total. The Hall–Kier alpha value is -2.04. The molecule has 0 aliphatic heterocycles. The summed E-state index contributed by atoms with van der Waals surface area (Å²) in [6, 6.07) is 5.53. The Kier molecular flexibility index (Phi) is 11.2. The van der Waals surface area contributed by atoms with Crippen LogP contribution in [0, 0.1) is 0 Å². The van der Waals surface area contributed by atoms with Gasteiger partial charge >= 0.3 is 0 Å². The summed E-state index contributed by atoms with van der Waals surface area (Å²) >= 11 is 0. The van der Waals surface area contributed by atoms with Gasteiger partial charge in [-0.15, -0.1) is 0 Å². The Morgan fingerprint density at radius 3 is 2.36 bits per heavy atom. The van der Waals surface area contributed by atoms with E-state index in [4.69, 9.17) is 9.47 Å². The molecule has 0 saturated carbocycles. The average molecular weight is 348 g/mol. The molecule has 0 radical (unpaired) electrons. The number of nitrogens with zero attached hydrogens (tertiary/aromatic N) is 1. The van der Waals surface area contributed by atoms with Crippen molar-refractivity contribution >= 4 is 12.1 Å². The van der Waals surface area contributed by atoms with Crippen molar-refractivity contribution in [2.24, 2.45) is 5.10 Å². The van der Waals surface area contributed by atoms with E-state index in [0.717, 1.165) is 18.4 Å². The largest absolute Gasteiger partial charge is 0.493 e. The van der Waals surface area contributed by atoms with Crippen molar-refractivity contribution in [1.29, 1.82) is 0 Å². The van der Waals surface area contributed by atoms with Gasteiger partial charge < -0.3 is 9.47 Å². The van der Waals surface area contributed by atoms with E-state index >= 15 is 0 Å². The van der Waals surface area contributed by atoms with Gasteiger partial charge in [0.2, 0.25) is 5.91 Å². The highest BCUT2D eigenvalue weighted by Gasteiger charge is 2.07. The van der Waals surface area contributed by atoms with E-state index in [1.165, 1.54) is 38.5 Å².